The lowest BCUT2D eigenvalue weighted by Gasteiger charge is -2.17. The van der Waals surface area contributed by atoms with Gasteiger partial charge in [0.2, 0.25) is 0 Å². The van der Waals surface area contributed by atoms with Gasteiger partial charge in [0, 0.05) is 43.4 Å². The molecule has 0 fully saturated rings. The van der Waals surface area contributed by atoms with Crippen LogP contribution in [0.25, 0.3) is 0 Å². The summed E-state index contributed by atoms with van der Waals surface area (Å²) in [5.41, 5.74) is 3.84. The van der Waals surface area contributed by atoms with Gasteiger partial charge in [-0.25, -0.2) is 0 Å². The number of nitrogens with one attached hydrogen (secondary N) is 1. The van der Waals surface area contributed by atoms with Gasteiger partial charge in [0.15, 0.2) is 5.78 Å². The zero-order valence-electron chi connectivity index (χ0n) is 15.9. The molecule has 1 amide bonds. The van der Waals surface area contributed by atoms with E-state index < -0.39 is 0 Å². The first-order chi connectivity index (χ1) is 13.5. The fourth-order valence-corrected chi connectivity index (χ4v) is 2.75. The summed E-state index contributed by atoms with van der Waals surface area (Å²) in [4.78, 5) is 33.9. The monoisotopic (exact) mass is 374 g/mol. The number of nitrogens with zero attached hydrogens (tertiary/aromatic N) is 3. The van der Waals surface area contributed by atoms with Crippen LogP contribution in [0.2, 0.25) is 0 Å². The largest absolute Gasteiger partial charge is 0.354 e. The molecule has 0 saturated heterocycles. The summed E-state index contributed by atoms with van der Waals surface area (Å²) in [5, 5.41) is 3.21. The van der Waals surface area contributed by atoms with E-state index in [9.17, 15) is 9.59 Å². The van der Waals surface area contributed by atoms with Gasteiger partial charge in [-0.05, 0) is 61.4 Å². The summed E-state index contributed by atoms with van der Waals surface area (Å²) in [5.74, 6) is -0.0623. The van der Waals surface area contributed by atoms with E-state index in [0.29, 0.717) is 23.4 Å². The van der Waals surface area contributed by atoms with Crippen LogP contribution < -0.4 is 5.32 Å². The lowest BCUT2D eigenvalue weighted by Crippen LogP contribution is -2.29. The van der Waals surface area contributed by atoms with Crippen molar-refractivity contribution in [1.82, 2.24) is 14.9 Å². The molecule has 2 heterocycles. The first-order valence-corrected chi connectivity index (χ1v) is 9.00. The van der Waals surface area contributed by atoms with Crippen LogP contribution in [-0.4, -0.2) is 40.2 Å². The Labute approximate surface area is 164 Å². The predicted octanol–water partition coefficient (Wildman–Crippen LogP) is 3.74. The van der Waals surface area contributed by atoms with Crippen molar-refractivity contribution in [2.75, 3.05) is 18.9 Å². The van der Waals surface area contributed by atoms with E-state index in [-0.39, 0.29) is 11.7 Å². The molecule has 1 N–H and O–H groups in total. The number of hydrogen-bond acceptors (Lipinski definition) is 5. The second-order valence-electron chi connectivity index (χ2n) is 6.55. The van der Waals surface area contributed by atoms with Crippen molar-refractivity contribution in [1.29, 1.82) is 0 Å². The first kappa shape index (κ1) is 19.2. The molecule has 2 aromatic heterocycles. The quantitative estimate of drug-likeness (QED) is 0.638. The smallest absolute Gasteiger partial charge is 0.255 e. The van der Waals surface area contributed by atoms with Crippen molar-refractivity contribution in [2.45, 2.75) is 13.3 Å². The third-order valence-electron chi connectivity index (χ3n) is 4.40. The summed E-state index contributed by atoms with van der Waals surface area (Å²) in [6.45, 7) is 2.14. The maximum atomic E-state index is 12.7. The van der Waals surface area contributed by atoms with Crippen molar-refractivity contribution >= 4 is 23.1 Å². The summed E-state index contributed by atoms with van der Waals surface area (Å²) in [7, 11) is 1.78. The fraction of sp³-hybridized carbons (Fsp3) is 0.182. The summed E-state index contributed by atoms with van der Waals surface area (Å²) < 4.78 is 0. The Morgan fingerprint density at radius 3 is 2.32 bits per heavy atom. The Bertz CT molecular complexity index is 956. The predicted molar refractivity (Wildman–Crippen MR) is 109 cm³/mol. The lowest BCUT2D eigenvalue weighted by atomic mass is 10.1. The number of Topliss-reactive ketones (excluding diaryl/α,β-unsaturated/α-hetero) is 1. The summed E-state index contributed by atoms with van der Waals surface area (Å²) in [6, 6.07) is 12.8. The van der Waals surface area contributed by atoms with E-state index in [1.54, 1.807) is 54.9 Å². The van der Waals surface area contributed by atoms with E-state index in [4.69, 9.17) is 0 Å². The molecule has 6 heteroatoms. The van der Waals surface area contributed by atoms with Gasteiger partial charge in [-0.1, -0.05) is 0 Å². The second kappa shape index (κ2) is 8.90. The van der Waals surface area contributed by atoms with Gasteiger partial charge in [-0.3, -0.25) is 19.6 Å². The van der Waals surface area contributed by atoms with E-state index in [2.05, 4.69) is 15.3 Å². The van der Waals surface area contributed by atoms with Crippen LogP contribution in [0.1, 0.15) is 33.2 Å². The SMILES string of the molecule is CC(=O)c1ccc(Nc2cncc(C(=O)N(C)CCc3ccncc3)c2)cc1. The Morgan fingerprint density at radius 1 is 0.929 bits per heavy atom. The number of carbonyl (C=O) groups is 2. The van der Waals surface area contributed by atoms with Crippen molar-refractivity contribution in [3.05, 3.63) is 83.9 Å². The molecule has 6 nitrogen and oxygen atoms in total. The van der Waals surface area contributed by atoms with Gasteiger partial charge in [0.1, 0.15) is 0 Å². The molecule has 0 aliphatic carbocycles. The summed E-state index contributed by atoms with van der Waals surface area (Å²) in [6.07, 6.45) is 7.49. The molecule has 1 aromatic carbocycles. The van der Waals surface area contributed by atoms with Gasteiger partial charge in [0.25, 0.3) is 5.91 Å². The van der Waals surface area contributed by atoms with Crippen LogP contribution in [0.5, 0.6) is 0 Å². The molecule has 0 unspecified atom stereocenters. The van der Waals surface area contributed by atoms with E-state index in [1.165, 1.54) is 6.92 Å². The third-order valence-corrected chi connectivity index (χ3v) is 4.40. The van der Waals surface area contributed by atoms with E-state index in [1.807, 2.05) is 24.3 Å². The zero-order valence-corrected chi connectivity index (χ0v) is 15.9. The molecule has 0 saturated carbocycles. The fourth-order valence-electron chi connectivity index (χ4n) is 2.75. The topological polar surface area (TPSA) is 75.2 Å². The highest BCUT2D eigenvalue weighted by Crippen LogP contribution is 2.18. The molecule has 3 rings (SSSR count). The molecule has 0 radical (unpaired) electrons. The molecular formula is C22H22N4O2. The maximum absolute atomic E-state index is 12.7. The molecule has 3 aromatic rings. The Hall–Kier alpha value is -3.54. The van der Waals surface area contributed by atoms with Crippen LogP contribution in [0.3, 0.4) is 0 Å². The maximum Gasteiger partial charge on any atom is 0.255 e. The normalized spacial score (nSPS) is 10.4. The molecule has 0 bridgehead atoms. The number of ketones is 1. The van der Waals surface area contributed by atoms with Crippen molar-refractivity contribution in [2.24, 2.45) is 0 Å². The minimum Gasteiger partial charge on any atom is -0.354 e. The number of hydrogen-bond donors (Lipinski definition) is 1. The molecule has 0 atom stereocenters. The van der Waals surface area contributed by atoms with Crippen LogP contribution >= 0.6 is 0 Å². The molecule has 0 aliphatic rings. The van der Waals surface area contributed by atoms with Gasteiger partial charge in [-0.15, -0.1) is 0 Å². The van der Waals surface area contributed by atoms with Crippen molar-refractivity contribution in [3.8, 4) is 0 Å². The number of pyridine rings is 2. The van der Waals surface area contributed by atoms with Gasteiger partial charge >= 0.3 is 0 Å². The number of anilines is 2. The Balaban J connectivity index is 1.64. The average Bonchev–Trinajstić information content (AvgIpc) is 2.73. The van der Waals surface area contributed by atoms with Gasteiger partial charge < -0.3 is 10.2 Å². The van der Waals surface area contributed by atoms with Crippen LogP contribution in [0, 0.1) is 0 Å². The standard InChI is InChI=1S/C22H22N4O2/c1-16(27)18-3-5-20(6-4-18)25-21-13-19(14-24-15-21)22(28)26(2)12-9-17-7-10-23-11-8-17/h3-8,10-11,13-15,25H,9,12H2,1-2H3. The van der Waals surface area contributed by atoms with Gasteiger partial charge in [-0.2, -0.15) is 0 Å². The van der Waals surface area contributed by atoms with Crippen LogP contribution in [-0.2, 0) is 6.42 Å². The molecule has 142 valence electrons. The third kappa shape index (κ3) is 5.01. The van der Waals surface area contributed by atoms with Crippen molar-refractivity contribution < 1.29 is 9.59 Å². The highest BCUT2D eigenvalue weighted by molar-refractivity contribution is 5.95. The zero-order chi connectivity index (χ0) is 19.9. The highest BCUT2D eigenvalue weighted by Gasteiger charge is 2.13. The molecule has 28 heavy (non-hydrogen) atoms. The van der Waals surface area contributed by atoms with Crippen LogP contribution in [0.15, 0.2) is 67.3 Å². The van der Waals surface area contributed by atoms with Gasteiger partial charge in [0.05, 0.1) is 17.4 Å². The lowest BCUT2D eigenvalue weighted by molar-refractivity contribution is 0.0796. The number of carbonyl (C=O) groups excluding carboxylic acids is 2. The number of likely N-dealkylation sites (N-methyl/N-ethyl adjacent to an activating group) is 1. The van der Waals surface area contributed by atoms with E-state index in [0.717, 1.165) is 17.7 Å². The minimum absolute atomic E-state index is 0.0237. The highest BCUT2D eigenvalue weighted by atomic mass is 16.2. The van der Waals surface area contributed by atoms with Crippen LogP contribution in [0.4, 0.5) is 11.4 Å². The number of amides is 1. The number of benzene rings is 1. The molecular weight excluding hydrogens is 352 g/mol. The first-order valence-electron chi connectivity index (χ1n) is 9.00. The second-order valence-corrected chi connectivity index (χ2v) is 6.55. The Kier molecular flexibility index (Phi) is 6.11. The van der Waals surface area contributed by atoms with E-state index >= 15 is 0 Å². The number of aromatic nitrogens is 2. The summed E-state index contributed by atoms with van der Waals surface area (Å²) >= 11 is 0. The molecule has 0 spiro atoms. The minimum atomic E-state index is -0.0860. The number of rotatable bonds is 7. The molecule has 0 aliphatic heterocycles. The average molecular weight is 374 g/mol. The van der Waals surface area contributed by atoms with Crippen molar-refractivity contribution in [3.63, 3.8) is 0 Å². The Morgan fingerprint density at radius 2 is 1.64 bits per heavy atom.